The van der Waals surface area contributed by atoms with E-state index in [0.29, 0.717) is 16.3 Å². The van der Waals surface area contributed by atoms with Gasteiger partial charge in [0.2, 0.25) is 0 Å². The Hall–Kier alpha value is -1.07. The average molecular weight is 368 g/mol. The summed E-state index contributed by atoms with van der Waals surface area (Å²) in [5.74, 6) is 1.99. The first-order valence-electron chi connectivity index (χ1n) is 8.66. The van der Waals surface area contributed by atoms with E-state index < -0.39 is 0 Å². The van der Waals surface area contributed by atoms with Crippen LogP contribution in [0.4, 0.5) is 4.39 Å². The third-order valence-corrected chi connectivity index (χ3v) is 6.06. The third-order valence-electron chi connectivity index (χ3n) is 4.71. The minimum absolute atomic E-state index is 0.264. The molecule has 1 fully saturated rings. The van der Waals surface area contributed by atoms with E-state index in [4.69, 9.17) is 11.6 Å². The van der Waals surface area contributed by atoms with Crippen LogP contribution in [0.2, 0.25) is 5.02 Å². The van der Waals surface area contributed by atoms with Gasteiger partial charge >= 0.3 is 0 Å². The van der Waals surface area contributed by atoms with Crippen LogP contribution in [-0.4, -0.2) is 14.8 Å². The molecular formula is C18H23ClFN3S. The van der Waals surface area contributed by atoms with Crippen molar-refractivity contribution in [3.63, 3.8) is 0 Å². The Balaban J connectivity index is 1.69. The zero-order valence-electron chi connectivity index (χ0n) is 14.0. The fraction of sp³-hybridized carbons (Fsp3) is 0.556. The minimum Gasteiger partial charge on any atom is -0.306 e. The predicted molar refractivity (Wildman–Crippen MR) is 96.9 cm³/mol. The highest BCUT2D eigenvalue weighted by Crippen LogP contribution is 2.30. The molecule has 2 aromatic rings. The molecule has 0 radical (unpaired) electrons. The topological polar surface area (TPSA) is 30.7 Å². The van der Waals surface area contributed by atoms with Crippen LogP contribution >= 0.6 is 23.4 Å². The molecule has 24 heavy (non-hydrogen) atoms. The van der Waals surface area contributed by atoms with Crippen LogP contribution in [-0.2, 0) is 18.7 Å². The minimum atomic E-state index is -0.264. The molecule has 0 unspecified atom stereocenters. The second-order valence-corrected chi connectivity index (χ2v) is 7.69. The Morgan fingerprint density at radius 1 is 1.25 bits per heavy atom. The molecule has 130 valence electrons. The second kappa shape index (κ2) is 8.34. The smallest absolute Gasteiger partial charge is 0.191 e. The Bertz CT molecular complexity index is 663. The number of hydrogen-bond donors (Lipinski definition) is 0. The summed E-state index contributed by atoms with van der Waals surface area (Å²) in [6.45, 7) is 2.94. The molecule has 0 bridgehead atoms. The van der Waals surface area contributed by atoms with E-state index in [1.165, 1.54) is 49.9 Å². The van der Waals surface area contributed by atoms with Gasteiger partial charge in [0, 0.05) is 29.3 Å². The van der Waals surface area contributed by atoms with Crippen LogP contribution in [0.1, 0.15) is 50.4 Å². The van der Waals surface area contributed by atoms with Crippen molar-refractivity contribution in [3.8, 4) is 0 Å². The van der Waals surface area contributed by atoms with E-state index in [9.17, 15) is 4.39 Å². The number of thioether (sulfide) groups is 1. The molecule has 1 aliphatic rings. The quantitative estimate of drug-likeness (QED) is 0.631. The molecule has 0 N–H and O–H groups in total. The molecule has 0 amide bonds. The maximum absolute atomic E-state index is 13.9. The van der Waals surface area contributed by atoms with E-state index in [2.05, 4.69) is 21.7 Å². The highest BCUT2D eigenvalue weighted by molar-refractivity contribution is 7.98. The van der Waals surface area contributed by atoms with Crippen LogP contribution in [0.25, 0.3) is 0 Å². The van der Waals surface area contributed by atoms with Gasteiger partial charge in [0.1, 0.15) is 11.6 Å². The second-order valence-electron chi connectivity index (χ2n) is 6.34. The van der Waals surface area contributed by atoms with E-state index >= 15 is 0 Å². The van der Waals surface area contributed by atoms with E-state index in [1.807, 2.05) is 0 Å². The van der Waals surface area contributed by atoms with Crippen molar-refractivity contribution in [2.24, 2.45) is 5.92 Å². The van der Waals surface area contributed by atoms with E-state index in [1.54, 1.807) is 12.1 Å². The molecule has 1 heterocycles. The fourth-order valence-corrected chi connectivity index (χ4v) is 4.72. The van der Waals surface area contributed by atoms with Gasteiger partial charge in [-0.1, -0.05) is 61.5 Å². The monoisotopic (exact) mass is 367 g/mol. The van der Waals surface area contributed by atoms with Crippen molar-refractivity contribution < 1.29 is 4.39 Å². The first-order chi connectivity index (χ1) is 11.7. The Labute approximate surface area is 152 Å². The highest BCUT2D eigenvalue weighted by atomic mass is 35.5. The molecule has 1 aromatic carbocycles. The summed E-state index contributed by atoms with van der Waals surface area (Å²) < 4.78 is 16.1. The van der Waals surface area contributed by atoms with Crippen LogP contribution in [0.3, 0.4) is 0 Å². The lowest BCUT2D eigenvalue weighted by molar-refractivity contribution is 0.347. The van der Waals surface area contributed by atoms with Gasteiger partial charge in [-0.2, -0.15) is 0 Å². The van der Waals surface area contributed by atoms with Gasteiger partial charge in [0.15, 0.2) is 5.16 Å². The molecule has 1 aliphatic carbocycles. The lowest BCUT2D eigenvalue weighted by Crippen LogP contribution is -2.13. The third kappa shape index (κ3) is 4.12. The summed E-state index contributed by atoms with van der Waals surface area (Å²) >= 11 is 7.61. The maximum Gasteiger partial charge on any atom is 0.191 e. The molecule has 0 atom stereocenters. The molecule has 0 spiro atoms. The van der Waals surface area contributed by atoms with Crippen LogP contribution < -0.4 is 0 Å². The van der Waals surface area contributed by atoms with Gasteiger partial charge in [-0.15, -0.1) is 10.2 Å². The van der Waals surface area contributed by atoms with E-state index in [-0.39, 0.29) is 5.82 Å². The number of aromatic nitrogens is 3. The lowest BCUT2D eigenvalue weighted by atomic mass is 9.87. The number of benzene rings is 1. The SMILES string of the molecule is CCn1c(CC2CCCCC2)nnc1SCc1c(F)cccc1Cl. The first-order valence-corrected chi connectivity index (χ1v) is 10.0. The highest BCUT2D eigenvalue weighted by Gasteiger charge is 2.19. The van der Waals surface area contributed by atoms with Crippen molar-refractivity contribution in [3.05, 3.63) is 40.4 Å². The van der Waals surface area contributed by atoms with Crippen LogP contribution in [0.15, 0.2) is 23.4 Å². The summed E-state index contributed by atoms with van der Waals surface area (Å²) in [7, 11) is 0. The molecule has 1 aromatic heterocycles. The van der Waals surface area contributed by atoms with Crippen LogP contribution in [0.5, 0.6) is 0 Å². The molecule has 0 aliphatic heterocycles. The Morgan fingerprint density at radius 3 is 2.75 bits per heavy atom. The summed E-state index contributed by atoms with van der Waals surface area (Å²) in [5.41, 5.74) is 0.531. The Kier molecular flexibility index (Phi) is 6.17. The maximum atomic E-state index is 13.9. The van der Waals surface area contributed by atoms with Crippen molar-refractivity contribution in [1.29, 1.82) is 0 Å². The molecular weight excluding hydrogens is 345 g/mol. The van der Waals surface area contributed by atoms with Gasteiger partial charge in [0.25, 0.3) is 0 Å². The lowest BCUT2D eigenvalue weighted by Gasteiger charge is -2.21. The molecule has 1 saturated carbocycles. The average Bonchev–Trinajstić information content (AvgIpc) is 2.97. The number of halogens is 2. The van der Waals surface area contributed by atoms with Crippen molar-refractivity contribution in [1.82, 2.24) is 14.8 Å². The molecule has 6 heteroatoms. The molecule has 3 nitrogen and oxygen atoms in total. The van der Waals surface area contributed by atoms with Crippen LogP contribution in [0, 0.1) is 11.7 Å². The predicted octanol–water partition coefficient (Wildman–Crippen LogP) is 5.51. The van der Waals surface area contributed by atoms with E-state index in [0.717, 1.165) is 29.9 Å². The largest absolute Gasteiger partial charge is 0.306 e. The molecule has 3 rings (SSSR count). The van der Waals surface area contributed by atoms with Gasteiger partial charge in [-0.05, 0) is 25.0 Å². The van der Waals surface area contributed by atoms with Crippen molar-refractivity contribution in [2.45, 2.75) is 62.9 Å². The summed E-state index contributed by atoms with van der Waals surface area (Å²) in [6.07, 6.45) is 7.62. The van der Waals surface area contributed by atoms with Crippen molar-refractivity contribution >= 4 is 23.4 Å². The molecule has 0 saturated heterocycles. The van der Waals surface area contributed by atoms with Crippen molar-refractivity contribution in [2.75, 3.05) is 0 Å². The zero-order valence-corrected chi connectivity index (χ0v) is 15.5. The Morgan fingerprint density at radius 2 is 2.04 bits per heavy atom. The standard InChI is InChI=1S/C18H23ClFN3S/c1-2-23-17(11-13-7-4-3-5-8-13)21-22-18(23)24-12-14-15(19)9-6-10-16(14)20/h6,9-10,13H,2-5,7-8,11-12H2,1H3. The first kappa shape index (κ1) is 17.7. The number of nitrogens with zero attached hydrogens (tertiary/aromatic N) is 3. The number of rotatable bonds is 6. The van der Waals surface area contributed by atoms with Gasteiger partial charge < -0.3 is 4.57 Å². The fourth-order valence-electron chi connectivity index (χ4n) is 3.35. The van der Waals surface area contributed by atoms with Gasteiger partial charge in [-0.25, -0.2) is 4.39 Å². The van der Waals surface area contributed by atoms with Gasteiger partial charge in [0.05, 0.1) is 0 Å². The normalized spacial score (nSPS) is 15.8. The summed E-state index contributed by atoms with van der Waals surface area (Å²) in [6, 6.07) is 4.79. The number of hydrogen-bond acceptors (Lipinski definition) is 3. The summed E-state index contributed by atoms with van der Waals surface area (Å²) in [4.78, 5) is 0. The van der Waals surface area contributed by atoms with Gasteiger partial charge in [-0.3, -0.25) is 0 Å². The summed E-state index contributed by atoms with van der Waals surface area (Å²) in [5, 5.41) is 10.1. The zero-order chi connectivity index (χ0) is 16.9.